The topological polar surface area (TPSA) is 98.1 Å². The molecule has 2 aliphatic heterocycles. The van der Waals surface area contributed by atoms with Crippen LogP contribution < -0.4 is 0 Å². The normalized spacial score (nSPS) is 32.8. The number of rotatable bonds is 4. The fraction of sp³-hybridized carbons (Fsp3) is 0.786. The zero-order valence-corrected chi connectivity index (χ0v) is 11.8. The summed E-state index contributed by atoms with van der Waals surface area (Å²) in [4.78, 5) is 38.5. The number of carbonyl (C=O) groups is 3. The molecule has 2 amide bonds. The second-order valence-corrected chi connectivity index (χ2v) is 6.38. The molecule has 3 fully saturated rings. The van der Waals surface area contributed by atoms with Gasteiger partial charge in [-0.2, -0.15) is 0 Å². The van der Waals surface area contributed by atoms with Gasteiger partial charge in [0.1, 0.15) is 6.04 Å². The minimum Gasteiger partial charge on any atom is -0.480 e. The van der Waals surface area contributed by atoms with Gasteiger partial charge in [0, 0.05) is 32.5 Å². The van der Waals surface area contributed by atoms with Crippen LogP contribution >= 0.6 is 0 Å². The number of hydrogen-bond acceptors (Lipinski definition) is 4. The molecular formula is C14H20N2O5. The Morgan fingerprint density at radius 1 is 1.24 bits per heavy atom. The zero-order valence-electron chi connectivity index (χ0n) is 11.8. The van der Waals surface area contributed by atoms with E-state index in [4.69, 9.17) is 5.11 Å². The quantitative estimate of drug-likeness (QED) is 0.714. The summed E-state index contributed by atoms with van der Waals surface area (Å²) in [5, 5.41) is 18.7. The van der Waals surface area contributed by atoms with Gasteiger partial charge in [-0.25, -0.2) is 4.79 Å². The van der Waals surface area contributed by atoms with E-state index < -0.39 is 24.0 Å². The molecule has 3 unspecified atom stereocenters. The summed E-state index contributed by atoms with van der Waals surface area (Å²) >= 11 is 0. The standard InChI is InChI=1S/C14H20N2O5/c17-10-4-11(14(20)21)16(7-10)13(19)9-3-12(18)15(6-9)5-8-1-2-8/h8-11,17H,1-7H2,(H,20,21). The number of likely N-dealkylation sites (tertiary alicyclic amines) is 2. The lowest BCUT2D eigenvalue weighted by Gasteiger charge is -2.24. The molecule has 21 heavy (non-hydrogen) atoms. The number of carboxylic acid groups (broad SMARTS) is 1. The van der Waals surface area contributed by atoms with E-state index in [1.165, 1.54) is 4.90 Å². The maximum atomic E-state index is 12.5. The van der Waals surface area contributed by atoms with E-state index in [9.17, 15) is 19.5 Å². The van der Waals surface area contributed by atoms with E-state index in [0.717, 1.165) is 12.8 Å². The average molecular weight is 296 g/mol. The smallest absolute Gasteiger partial charge is 0.326 e. The zero-order chi connectivity index (χ0) is 15.1. The summed E-state index contributed by atoms with van der Waals surface area (Å²) in [5.74, 6) is -1.33. The van der Waals surface area contributed by atoms with Crippen molar-refractivity contribution < 1.29 is 24.6 Å². The largest absolute Gasteiger partial charge is 0.480 e. The highest BCUT2D eigenvalue weighted by Crippen LogP contribution is 2.33. The van der Waals surface area contributed by atoms with Crippen molar-refractivity contribution in [2.24, 2.45) is 11.8 Å². The first kappa shape index (κ1) is 14.3. The number of aliphatic carboxylic acids is 1. The van der Waals surface area contributed by atoms with Crippen LogP contribution in [0, 0.1) is 11.8 Å². The summed E-state index contributed by atoms with van der Waals surface area (Å²) in [6.45, 7) is 1.14. The molecule has 2 saturated heterocycles. The van der Waals surface area contributed by atoms with Crippen LogP contribution in [-0.2, 0) is 14.4 Å². The monoisotopic (exact) mass is 296 g/mol. The summed E-state index contributed by atoms with van der Waals surface area (Å²) < 4.78 is 0. The molecular weight excluding hydrogens is 276 g/mol. The van der Waals surface area contributed by atoms with Crippen molar-refractivity contribution >= 4 is 17.8 Å². The molecule has 7 heteroatoms. The Morgan fingerprint density at radius 3 is 2.57 bits per heavy atom. The molecule has 116 valence electrons. The second kappa shape index (κ2) is 5.29. The predicted molar refractivity (Wildman–Crippen MR) is 71.2 cm³/mol. The lowest BCUT2D eigenvalue weighted by Crippen LogP contribution is -2.44. The minimum absolute atomic E-state index is 0.0214. The molecule has 3 rings (SSSR count). The third-order valence-corrected chi connectivity index (χ3v) is 4.59. The van der Waals surface area contributed by atoms with Crippen molar-refractivity contribution in [2.75, 3.05) is 19.6 Å². The Morgan fingerprint density at radius 2 is 1.95 bits per heavy atom. The molecule has 3 atom stereocenters. The van der Waals surface area contributed by atoms with Crippen molar-refractivity contribution in [3.63, 3.8) is 0 Å². The molecule has 7 nitrogen and oxygen atoms in total. The van der Waals surface area contributed by atoms with Crippen LogP contribution in [-0.4, -0.2) is 69.6 Å². The second-order valence-electron chi connectivity index (χ2n) is 6.38. The Bertz CT molecular complexity index is 476. The van der Waals surface area contributed by atoms with Crippen molar-refractivity contribution in [2.45, 2.75) is 37.8 Å². The van der Waals surface area contributed by atoms with Crippen molar-refractivity contribution in [1.82, 2.24) is 9.80 Å². The van der Waals surface area contributed by atoms with Crippen LogP contribution in [0.2, 0.25) is 0 Å². The SMILES string of the molecule is O=C(O)C1CC(O)CN1C(=O)C1CC(=O)N(CC2CC2)C1. The fourth-order valence-corrected chi connectivity index (χ4v) is 3.25. The Labute approximate surface area is 122 Å². The number of β-amino-alcohol motifs (C(OH)–C–C–N with tert-alkyl or cyclic N) is 1. The van der Waals surface area contributed by atoms with Gasteiger partial charge < -0.3 is 20.0 Å². The van der Waals surface area contributed by atoms with Gasteiger partial charge >= 0.3 is 5.97 Å². The van der Waals surface area contributed by atoms with Crippen molar-refractivity contribution in [3.05, 3.63) is 0 Å². The van der Waals surface area contributed by atoms with Gasteiger partial charge in [-0.1, -0.05) is 0 Å². The number of aliphatic hydroxyl groups is 1. The van der Waals surface area contributed by atoms with Crippen LogP contribution in [0.15, 0.2) is 0 Å². The number of nitrogens with zero attached hydrogens (tertiary/aromatic N) is 2. The summed E-state index contributed by atoms with van der Waals surface area (Å²) in [7, 11) is 0. The van der Waals surface area contributed by atoms with Crippen molar-refractivity contribution in [3.8, 4) is 0 Å². The summed E-state index contributed by atoms with van der Waals surface area (Å²) in [6.07, 6.45) is 1.71. The minimum atomic E-state index is -1.10. The third kappa shape index (κ3) is 2.88. The van der Waals surface area contributed by atoms with Crippen LogP contribution in [0.25, 0.3) is 0 Å². The Balaban J connectivity index is 1.64. The predicted octanol–water partition coefficient (Wildman–Crippen LogP) is -0.709. The number of carbonyl (C=O) groups excluding carboxylic acids is 2. The first-order valence-electron chi connectivity index (χ1n) is 7.45. The number of hydrogen-bond donors (Lipinski definition) is 2. The molecule has 0 bridgehead atoms. The third-order valence-electron chi connectivity index (χ3n) is 4.59. The molecule has 0 aromatic rings. The Kier molecular flexibility index (Phi) is 3.61. The average Bonchev–Trinajstić information content (AvgIpc) is 3.04. The molecule has 0 radical (unpaired) electrons. The molecule has 0 spiro atoms. The molecule has 2 heterocycles. The van der Waals surface area contributed by atoms with Gasteiger partial charge in [-0.15, -0.1) is 0 Å². The van der Waals surface area contributed by atoms with E-state index in [-0.39, 0.29) is 31.2 Å². The van der Waals surface area contributed by atoms with Gasteiger partial charge in [0.15, 0.2) is 0 Å². The highest BCUT2D eigenvalue weighted by atomic mass is 16.4. The van der Waals surface area contributed by atoms with E-state index >= 15 is 0 Å². The lowest BCUT2D eigenvalue weighted by molar-refractivity contribution is -0.149. The first-order valence-corrected chi connectivity index (χ1v) is 7.45. The molecule has 3 aliphatic rings. The fourth-order valence-electron chi connectivity index (χ4n) is 3.25. The highest BCUT2D eigenvalue weighted by Gasteiger charge is 2.44. The molecule has 1 saturated carbocycles. The molecule has 0 aromatic heterocycles. The summed E-state index contributed by atoms with van der Waals surface area (Å²) in [6, 6.07) is -0.972. The highest BCUT2D eigenvalue weighted by molar-refractivity contribution is 5.91. The van der Waals surface area contributed by atoms with E-state index in [1.54, 1.807) is 4.90 Å². The first-order chi connectivity index (χ1) is 9.95. The van der Waals surface area contributed by atoms with Gasteiger partial charge in [0.25, 0.3) is 0 Å². The van der Waals surface area contributed by atoms with Crippen molar-refractivity contribution in [1.29, 1.82) is 0 Å². The number of aliphatic hydroxyl groups excluding tert-OH is 1. The van der Waals surface area contributed by atoms with E-state index in [1.807, 2.05) is 0 Å². The van der Waals surface area contributed by atoms with Crippen LogP contribution in [0.1, 0.15) is 25.7 Å². The Hall–Kier alpha value is -1.63. The van der Waals surface area contributed by atoms with E-state index in [0.29, 0.717) is 19.0 Å². The molecule has 1 aliphatic carbocycles. The van der Waals surface area contributed by atoms with Gasteiger partial charge in [-0.3, -0.25) is 9.59 Å². The van der Waals surface area contributed by atoms with E-state index in [2.05, 4.69) is 0 Å². The van der Waals surface area contributed by atoms with Crippen LogP contribution in [0.3, 0.4) is 0 Å². The van der Waals surface area contributed by atoms with Crippen LogP contribution in [0.4, 0.5) is 0 Å². The van der Waals surface area contributed by atoms with Crippen LogP contribution in [0.5, 0.6) is 0 Å². The van der Waals surface area contributed by atoms with Gasteiger partial charge in [-0.05, 0) is 18.8 Å². The number of amides is 2. The lowest BCUT2D eigenvalue weighted by atomic mass is 10.1. The maximum absolute atomic E-state index is 12.5. The maximum Gasteiger partial charge on any atom is 0.326 e. The number of carboxylic acids is 1. The van der Waals surface area contributed by atoms with Gasteiger partial charge in [0.05, 0.1) is 12.0 Å². The summed E-state index contributed by atoms with van der Waals surface area (Å²) in [5.41, 5.74) is 0. The van der Waals surface area contributed by atoms with Gasteiger partial charge in [0.2, 0.25) is 11.8 Å². The molecule has 0 aromatic carbocycles. The molecule has 2 N–H and O–H groups in total.